The Morgan fingerprint density at radius 1 is 0.520 bits per heavy atom. The zero-order valence-corrected chi connectivity index (χ0v) is 13.4. The van der Waals surface area contributed by atoms with Crippen molar-refractivity contribution in [2.75, 3.05) is 26.4 Å². The van der Waals surface area contributed by atoms with Gasteiger partial charge in [0, 0.05) is 0 Å². The predicted octanol–water partition coefficient (Wildman–Crippen LogP) is -5.31. The monoisotopic (exact) mass is 370 g/mol. The number of ether oxygens (including phenoxy) is 3. The minimum Gasteiger partial charge on any atom is -0.394 e. The Labute approximate surface area is 143 Å². The molecular weight excluding hydrogens is 344 g/mol. The van der Waals surface area contributed by atoms with Crippen LogP contribution in [-0.4, -0.2) is 128 Å². The smallest absolute Gasteiger partial charge is 0.111 e. The highest BCUT2D eigenvalue weighted by atomic mass is 16.6. The number of aliphatic hydroxyl groups is 8. The van der Waals surface area contributed by atoms with Gasteiger partial charge in [-0.25, -0.2) is 0 Å². The molecule has 10 atom stereocenters. The lowest BCUT2D eigenvalue weighted by Crippen LogP contribution is -2.61. The van der Waals surface area contributed by atoms with Gasteiger partial charge in [-0.2, -0.15) is 0 Å². The van der Waals surface area contributed by atoms with Gasteiger partial charge in [-0.15, -0.1) is 0 Å². The van der Waals surface area contributed by atoms with Gasteiger partial charge in [0.15, 0.2) is 0 Å². The highest BCUT2D eigenvalue weighted by Gasteiger charge is 2.45. The Bertz CT molecular complexity index is 370. The molecule has 2 rings (SSSR count). The molecule has 148 valence electrons. The van der Waals surface area contributed by atoms with Gasteiger partial charge in [0.1, 0.15) is 61.0 Å². The molecule has 0 spiro atoms. The summed E-state index contributed by atoms with van der Waals surface area (Å²) in [6, 6.07) is 0. The highest BCUT2D eigenvalue weighted by Crippen LogP contribution is 2.23. The molecule has 0 amide bonds. The van der Waals surface area contributed by atoms with Crippen molar-refractivity contribution in [3.05, 3.63) is 0 Å². The average molecular weight is 370 g/mol. The number of rotatable bonds is 6. The minimum absolute atomic E-state index is 0.254. The molecule has 8 N–H and O–H groups in total. The van der Waals surface area contributed by atoms with E-state index in [1.807, 2.05) is 0 Å². The third kappa shape index (κ3) is 4.46. The van der Waals surface area contributed by atoms with Gasteiger partial charge < -0.3 is 55.1 Å². The van der Waals surface area contributed by atoms with E-state index < -0.39 is 74.3 Å². The Kier molecular flexibility index (Phi) is 7.49. The van der Waals surface area contributed by atoms with Crippen molar-refractivity contribution in [2.24, 2.45) is 0 Å². The molecule has 25 heavy (non-hydrogen) atoms. The van der Waals surface area contributed by atoms with Crippen LogP contribution in [0.4, 0.5) is 0 Å². The van der Waals surface area contributed by atoms with Crippen molar-refractivity contribution in [3.63, 3.8) is 0 Å². The van der Waals surface area contributed by atoms with E-state index >= 15 is 0 Å². The fourth-order valence-electron chi connectivity index (χ4n) is 2.93. The fourth-order valence-corrected chi connectivity index (χ4v) is 2.93. The van der Waals surface area contributed by atoms with Gasteiger partial charge in [-0.05, 0) is 0 Å². The van der Waals surface area contributed by atoms with Crippen LogP contribution in [-0.2, 0) is 14.2 Å². The van der Waals surface area contributed by atoms with Crippen LogP contribution in [0.15, 0.2) is 0 Å². The summed E-state index contributed by atoms with van der Waals surface area (Å²) in [7, 11) is 0. The van der Waals surface area contributed by atoms with Gasteiger partial charge >= 0.3 is 0 Å². The summed E-state index contributed by atoms with van der Waals surface area (Å²) < 4.78 is 15.8. The second kappa shape index (κ2) is 8.97. The second-order valence-corrected chi connectivity index (χ2v) is 6.27. The van der Waals surface area contributed by atoms with Gasteiger partial charge in [-0.3, -0.25) is 0 Å². The summed E-state index contributed by atoms with van der Waals surface area (Å²) >= 11 is 0. The Morgan fingerprint density at radius 2 is 0.840 bits per heavy atom. The van der Waals surface area contributed by atoms with Crippen molar-refractivity contribution in [2.45, 2.75) is 61.0 Å². The van der Waals surface area contributed by atoms with Crippen molar-refractivity contribution in [3.8, 4) is 0 Å². The van der Waals surface area contributed by atoms with E-state index in [1.165, 1.54) is 0 Å². The quantitative estimate of drug-likeness (QED) is 0.223. The van der Waals surface area contributed by atoms with Crippen molar-refractivity contribution in [1.29, 1.82) is 0 Å². The van der Waals surface area contributed by atoms with Gasteiger partial charge in [0.2, 0.25) is 0 Å². The lowest BCUT2D eigenvalue weighted by molar-refractivity contribution is -0.254. The van der Waals surface area contributed by atoms with E-state index in [9.17, 15) is 30.6 Å². The van der Waals surface area contributed by atoms with E-state index in [-0.39, 0.29) is 13.2 Å². The summed E-state index contributed by atoms with van der Waals surface area (Å²) in [6.45, 7) is -1.63. The van der Waals surface area contributed by atoms with E-state index in [0.29, 0.717) is 0 Å². The molecule has 2 heterocycles. The molecule has 11 nitrogen and oxygen atoms in total. The highest BCUT2D eigenvalue weighted by molar-refractivity contribution is 4.93. The molecule has 0 radical (unpaired) electrons. The van der Waals surface area contributed by atoms with Crippen molar-refractivity contribution < 1.29 is 55.1 Å². The van der Waals surface area contributed by atoms with E-state index in [4.69, 9.17) is 24.4 Å². The molecular formula is C14H26O11. The molecule has 0 aromatic heterocycles. The number of hydrogen-bond acceptors (Lipinski definition) is 11. The average Bonchev–Trinajstić information content (AvgIpc) is 2.61. The molecule has 2 aliphatic rings. The Balaban J connectivity index is 1.87. The van der Waals surface area contributed by atoms with Crippen LogP contribution in [0.1, 0.15) is 0 Å². The first kappa shape index (κ1) is 20.9. The van der Waals surface area contributed by atoms with Crippen LogP contribution < -0.4 is 0 Å². The van der Waals surface area contributed by atoms with Crippen LogP contribution in [0, 0.1) is 0 Å². The number of aliphatic hydroxyl groups excluding tert-OH is 8. The molecule has 11 heteroatoms. The van der Waals surface area contributed by atoms with Crippen LogP contribution >= 0.6 is 0 Å². The summed E-state index contributed by atoms with van der Waals surface area (Å²) in [5, 5.41) is 76.7. The van der Waals surface area contributed by atoms with E-state index in [2.05, 4.69) is 0 Å². The molecule has 0 saturated carbocycles. The molecule has 5 unspecified atom stereocenters. The second-order valence-electron chi connectivity index (χ2n) is 6.27. The molecule has 2 aliphatic heterocycles. The summed E-state index contributed by atoms with van der Waals surface area (Å²) in [5.74, 6) is 0. The first-order chi connectivity index (χ1) is 11.8. The molecule has 0 aliphatic carbocycles. The minimum atomic E-state index is -1.52. The standard InChI is InChI=1S/C14H26O11/c15-1-5-9(17)13(21)11(19)7(24-5)3-23-4-8-12(20)14(22)10(18)6(2-16)25-8/h5-22H,1-4H2/t5?,6?,7-,8-,9-,10-,11?,12?,13-,14?/m1/s1. The maximum absolute atomic E-state index is 9.88. The van der Waals surface area contributed by atoms with Crippen LogP contribution in [0.5, 0.6) is 0 Å². The molecule has 0 bridgehead atoms. The zero-order chi connectivity index (χ0) is 18.7. The van der Waals surface area contributed by atoms with Gasteiger partial charge in [-0.1, -0.05) is 0 Å². The van der Waals surface area contributed by atoms with Gasteiger partial charge in [0.05, 0.1) is 26.4 Å². The summed E-state index contributed by atoms with van der Waals surface area (Å²) in [4.78, 5) is 0. The van der Waals surface area contributed by atoms with E-state index in [0.717, 1.165) is 0 Å². The SMILES string of the molecule is OCC1O[C@H](COC[C@H]2OC(CO)[C@@H](O)[C@@H](O)C2O)C(O)C(O)[C@@H]1O. The molecule has 2 fully saturated rings. The van der Waals surface area contributed by atoms with Crippen LogP contribution in [0.3, 0.4) is 0 Å². The lowest BCUT2D eigenvalue weighted by atomic mass is 9.95. The van der Waals surface area contributed by atoms with Crippen molar-refractivity contribution in [1.82, 2.24) is 0 Å². The third-order valence-electron chi connectivity index (χ3n) is 4.55. The first-order valence-corrected chi connectivity index (χ1v) is 8.00. The maximum Gasteiger partial charge on any atom is 0.111 e. The van der Waals surface area contributed by atoms with Crippen LogP contribution in [0.25, 0.3) is 0 Å². The predicted molar refractivity (Wildman–Crippen MR) is 78.4 cm³/mol. The Hall–Kier alpha value is -0.440. The lowest BCUT2D eigenvalue weighted by Gasteiger charge is -2.41. The third-order valence-corrected chi connectivity index (χ3v) is 4.55. The largest absolute Gasteiger partial charge is 0.394 e. The number of hydrogen-bond donors (Lipinski definition) is 8. The summed E-state index contributed by atoms with van der Waals surface area (Å²) in [5.41, 5.74) is 0. The fraction of sp³-hybridized carbons (Fsp3) is 1.00. The topological polar surface area (TPSA) is 190 Å². The Morgan fingerprint density at radius 3 is 1.16 bits per heavy atom. The van der Waals surface area contributed by atoms with Crippen molar-refractivity contribution >= 4 is 0 Å². The molecule has 0 aromatic rings. The van der Waals surface area contributed by atoms with Crippen LogP contribution in [0.2, 0.25) is 0 Å². The first-order valence-electron chi connectivity index (χ1n) is 8.00. The van der Waals surface area contributed by atoms with Gasteiger partial charge in [0.25, 0.3) is 0 Å². The maximum atomic E-state index is 9.88. The summed E-state index contributed by atoms with van der Waals surface area (Å²) in [6.07, 6.45) is -13.1. The molecule has 0 aromatic carbocycles. The van der Waals surface area contributed by atoms with E-state index in [1.54, 1.807) is 0 Å². The molecule has 2 saturated heterocycles. The zero-order valence-electron chi connectivity index (χ0n) is 13.4. The normalized spacial score (nSPS) is 48.5.